The van der Waals surface area contributed by atoms with Crippen LogP contribution in [0.3, 0.4) is 0 Å². The molecule has 8 nitrogen and oxygen atoms in total. The molecular formula is C22H32N6O2. The van der Waals surface area contributed by atoms with Crippen LogP contribution in [0.25, 0.3) is 0 Å². The third kappa shape index (κ3) is 3.84. The number of rotatable bonds is 5. The summed E-state index contributed by atoms with van der Waals surface area (Å²) < 4.78 is 9.55. The number of nitrogens with zero attached hydrogens (tertiary/aromatic N) is 6. The molecule has 2 aromatic heterocycles. The molecule has 5 heterocycles. The van der Waals surface area contributed by atoms with Crippen molar-refractivity contribution >= 4 is 0 Å². The van der Waals surface area contributed by atoms with E-state index < -0.39 is 0 Å². The molecule has 0 aliphatic carbocycles. The van der Waals surface area contributed by atoms with Gasteiger partial charge in [0.05, 0.1) is 6.54 Å². The van der Waals surface area contributed by atoms with Gasteiger partial charge in [0.25, 0.3) is 5.56 Å². The van der Waals surface area contributed by atoms with Crippen LogP contribution < -0.4 is 5.56 Å². The molecule has 0 unspecified atom stereocenters. The topological polar surface area (TPSA) is 68.4 Å². The molecule has 30 heavy (non-hydrogen) atoms. The molecule has 5 rings (SSSR count). The van der Waals surface area contributed by atoms with Gasteiger partial charge in [-0.25, -0.2) is 0 Å². The maximum Gasteiger partial charge on any atom is 0.255 e. The van der Waals surface area contributed by atoms with Crippen LogP contribution in [0.2, 0.25) is 0 Å². The van der Waals surface area contributed by atoms with Gasteiger partial charge in [0.1, 0.15) is 12.2 Å². The van der Waals surface area contributed by atoms with Gasteiger partial charge in [0, 0.05) is 69.7 Å². The number of hydrogen-bond acceptors (Lipinski definition) is 6. The second-order valence-corrected chi connectivity index (χ2v) is 9.33. The fourth-order valence-corrected chi connectivity index (χ4v) is 5.54. The third-order valence-corrected chi connectivity index (χ3v) is 7.08. The van der Waals surface area contributed by atoms with Crippen molar-refractivity contribution < 1.29 is 4.74 Å². The number of aromatic nitrogens is 4. The SMILES string of the molecule is CN(Cc1ccc2n(c1=O)C[C@H]1C[C@@H]2CN(C2CCOCC2)C1)Cc1nncn1C. The molecule has 0 amide bonds. The van der Waals surface area contributed by atoms with Crippen molar-refractivity contribution in [2.75, 3.05) is 33.4 Å². The van der Waals surface area contributed by atoms with Crippen molar-refractivity contribution in [1.29, 1.82) is 0 Å². The lowest BCUT2D eigenvalue weighted by Crippen LogP contribution is -2.52. The van der Waals surface area contributed by atoms with Crippen molar-refractivity contribution in [3.05, 3.63) is 45.9 Å². The summed E-state index contributed by atoms with van der Waals surface area (Å²) >= 11 is 0. The lowest BCUT2D eigenvalue weighted by atomic mass is 9.82. The van der Waals surface area contributed by atoms with Gasteiger partial charge in [-0.05, 0) is 38.3 Å². The lowest BCUT2D eigenvalue weighted by molar-refractivity contribution is 0.00582. The Morgan fingerprint density at radius 2 is 2.00 bits per heavy atom. The Balaban J connectivity index is 1.32. The molecule has 8 heteroatoms. The van der Waals surface area contributed by atoms with E-state index in [9.17, 15) is 4.79 Å². The number of ether oxygens (including phenoxy) is 1. The van der Waals surface area contributed by atoms with Crippen LogP contribution in [0.4, 0.5) is 0 Å². The van der Waals surface area contributed by atoms with E-state index in [0.29, 0.717) is 31.0 Å². The van der Waals surface area contributed by atoms with Gasteiger partial charge in [-0.2, -0.15) is 0 Å². The minimum absolute atomic E-state index is 0.187. The molecule has 2 aromatic rings. The monoisotopic (exact) mass is 412 g/mol. The summed E-state index contributed by atoms with van der Waals surface area (Å²) in [4.78, 5) is 18.1. The molecule has 2 fully saturated rings. The van der Waals surface area contributed by atoms with Crippen molar-refractivity contribution in [3.63, 3.8) is 0 Å². The second-order valence-electron chi connectivity index (χ2n) is 9.33. The molecule has 0 saturated carbocycles. The zero-order valence-electron chi connectivity index (χ0n) is 18.0. The van der Waals surface area contributed by atoms with E-state index in [1.807, 2.05) is 18.7 Å². The van der Waals surface area contributed by atoms with Gasteiger partial charge in [-0.3, -0.25) is 14.6 Å². The van der Waals surface area contributed by atoms with E-state index in [1.165, 1.54) is 12.1 Å². The van der Waals surface area contributed by atoms with Crippen LogP contribution in [0.5, 0.6) is 0 Å². The van der Waals surface area contributed by atoms with Gasteiger partial charge in [-0.1, -0.05) is 6.07 Å². The summed E-state index contributed by atoms with van der Waals surface area (Å²) in [7, 11) is 3.97. The normalized spacial score (nSPS) is 24.9. The average Bonchev–Trinajstić information content (AvgIpc) is 3.15. The Kier molecular flexibility index (Phi) is 5.47. The lowest BCUT2D eigenvalue weighted by Gasteiger charge is -2.46. The highest BCUT2D eigenvalue weighted by Crippen LogP contribution is 2.37. The fraction of sp³-hybridized carbons (Fsp3) is 0.682. The van der Waals surface area contributed by atoms with Crippen molar-refractivity contribution in [1.82, 2.24) is 29.1 Å². The Morgan fingerprint density at radius 3 is 2.77 bits per heavy atom. The quantitative estimate of drug-likeness (QED) is 0.735. The molecular weight excluding hydrogens is 380 g/mol. The Labute approximate surface area is 177 Å². The summed E-state index contributed by atoms with van der Waals surface area (Å²) in [6.07, 6.45) is 5.20. The first-order valence-electron chi connectivity index (χ1n) is 11.1. The largest absolute Gasteiger partial charge is 0.381 e. The molecule has 2 bridgehead atoms. The van der Waals surface area contributed by atoms with Crippen LogP contribution in [-0.2, 0) is 31.4 Å². The van der Waals surface area contributed by atoms with Crippen molar-refractivity contribution in [2.24, 2.45) is 13.0 Å². The first-order chi connectivity index (χ1) is 14.6. The predicted molar refractivity (Wildman–Crippen MR) is 113 cm³/mol. The number of likely N-dealkylation sites (tertiary alicyclic amines) is 1. The van der Waals surface area contributed by atoms with E-state index in [1.54, 1.807) is 6.33 Å². The molecule has 0 N–H and O–H groups in total. The zero-order valence-corrected chi connectivity index (χ0v) is 18.0. The Morgan fingerprint density at radius 1 is 1.17 bits per heavy atom. The minimum atomic E-state index is 0.187. The highest BCUT2D eigenvalue weighted by Gasteiger charge is 2.37. The maximum atomic E-state index is 13.3. The number of piperidine rings is 1. The molecule has 3 aliphatic heterocycles. The average molecular weight is 413 g/mol. The van der Waals surface area contributed by atoms with Gasteiger partial charge in [0.15, 0.2) is 0 Å². The highest BCUT2D eigenvalue weighted by molar-refractivity contribution is 5.22. The fourth-order valence-electron chi connectivity index (χ4n) is 5.54. The molecule has 0 aromatic carbocycles. The predicted octanol–water partition coefficient (Wildman–Crippen LogP) is 1.21. The molecule has 0 spiro atoms. The summed E-state index contributed by atoms with van der Waals surface area (Å²) in [6, 6.07) is 4.91. The van der Waals surface area contributed by atoms with E-state index in [0.717, 1.165) is 57.1 Å². The van der Waals surface area contributed by atoms with Crippen molar-refractivity contribution in [3.8, 4) is 0 Å². The molecule has 0 radical (unpaired) electrons. The standard InChI is InChI=1S/C22H32N6O2/c1-25(14-21-24-23-15-26(21)2)12-17-3-4-20-18-9-16(11-28(20)22(17)29)10-27(13-18)19-5-7-30-8-6-19/h3-4,15-16,18-19H,5-14H2,1-2H3/t16-,18+/m0/s1. The van der Waals surface area contributed by atoms with E-state index >= 15 is 0 Å². The summed E-state index contributed by atoms with van der Waals surface area (Å²) in [6.45, 7) is 6.11. The molecule has 3 aliphatic rings. The highest BCUT2D eigenvalue weighted by atomic mass is 16.5. The number of aryl methyl sites for hydroxylation is 1. The Bertz CT molecular complexity index is 947. The third-order valence-electron chi connectivity index (χ3n) is 7.08. The van der Waals surface area contributed by atoms with Crippen LogP contribution in [-0.4, -0.2) is 68.5 Å². The number of pyridine rings is 1. The molecule has 2 atom stereocenters. The minimum Gasteiger partial charge on any atom is -0.381 e. The molecule has 162 valence electrons. The number of hydrogen-bond donors (Lipinski definition) is 0. The van der Waals surface area contributed by atoms with E-state index in [2.05, 4.69) is 36.7 Å². The smallest absolute Gasteiger partial charge is 0.255 e. The van der Waals surface area contributed by atoms with Crippen LogP contribution in [0.1, 0.15) is 42.3 Å². The maximum absolute atomic E-state index is 13.3. The van der Waals surface area contributed by atoms with Crippen molar-refractivity contribution in [2.45, 2.75) is 50.9 Å². The first kappa shape index (κ1) is 19.9. The number of fused-ring (bicyclic) bond motifs is 4. The summed E-state index contributed by atoms with van der Waals surface area (Å²) in [5.41, 5.74) is 2.28. The Hall–Kier alpha value is -2.03. The summed E-state index contributed by atoms with van der Waals surface area (Å²) in [5, 5.41) is 8.09. The van der Waals surface area contributed by atoms with Crippen LogP contribution in [0, 0.1) is 5.92 Å². The van der Waals surface area contributed by atoms with E-state index in [4.69, 9.17) is 4.74 Å². The van der Waals surface area contributed by atoms with Gasteiger partial charge < -0.3 is 13.9 Å². The van der Waals surface area contributed by atoms with Crippen LogP contribution >= 0.6 is 0 Å². The second kappa shape index (κ2) is 8.24. The summed E-state index contributed by atoms with van der Waals surface area (Å²) in [5.74, 6) is 1.94. The zero-order chi connectivity index (χ0) is 20.7. The first-order valence-corrected chi connectivity index (χ1v) is 11.1. The molecule has 2 saturated heterocycles. The van der Waals surface area contributed by atoms with Gasteiger partial charge in [0.2, 0.25) is 0 Å². The van der Waals surface area contributed by atoms with Gasteiger partial charge >= 0.3 is 0 Å². The van der Waals surface area contributed by atoms with E-state index in [-0.39, 0.29) is 5.56 Å². The van der Waals surface area contributed by atoms with Gasteiger partial charge in [-0.15, -0.1) is 10.2 Å². The van der Waals surface area contributed by atoms with Crippen LogP contribution in [0.15, 0.2) is 23.3 Å².